The lowest BCUT2D eigenvalue weighted by molar-refractivity contribution is -0.113. The molecule has 2 aromatic rings. The van der Waals surface area contributed by atoms with E-state index in [0.29, 0.717) is 16.3 Å². The van der Waals surface area contributed by atoms with Crippen molar-refractivity contribution in [2.45, 2.75) is 4.90 Å². The van der Waals surface area contributed by atoms with Crippen LogP contribution in [0.3, 0.4) is 0 Å². The zero-order valence-electron chi connectivity index (χ0n) is 10.7. The van der Waals surface area contributed by atoms with E-state index in [-0.39, 0.29) is 17.5 Å². The number of rotatable bonds is 4. The Morgan fingerprint density at radius 1 is 1.24 bits per heavy atom. The van der Waals surface area contributed by atoms with Gasteiger partial charge in [-0.15, -0.1) is 11.8 Å². The Hall–Kier alpha value is -1.05. The molecule has 3 N–H and O–H groups in total. The zero-order chi connectivity index (χ0) is 15.4. The number of hydrogen-bond donors (Lipinski definition) is 2. The van der Waals surface area contributed by atoms with E-state index in [1.165, 1.54) is 23.9 Å². The normalized spacial score (nSPS) is 10.4. The van der Waals surface area contributed by atoms with E-state index in [1.807, 2.05) is 12.1 Å². The minimum atomic E-state index is -0.389. The number of amides is 1. The fourth-order valence-corrected chi connectivity index (χ4v) is 3.47. The number of carbonyl (C=O) groups is 1. The van der Waals surface area contributed by atoms with E-state index in [2.05, 4.69) is 37.2 Å². The van der Waals surface area contributed by atoms with Crippen LogP contribution in [-0.2, 0) is 4.79 Å². The summed E-state index contributed by atoms with van der Waals surface area (Å²) in [5.74, 6) is -0.356. The highest BCUT2D eigenvalue weighted by atomic mass is 79.9. The average Bonchev–Trinajstić information content (AvgIpc) is 2.41. The van der Waals surface area contributed by atoms with Crippen molar-refractivity contribution in [1.29, 1.82) is 0 Å². The number of thioether (sulfide) groups is 1. The molecule has 0 aliphatic rings. The maximum atomic E-state index is 12.9. The van der Waals surface area contributed by atoms with Crippen molar-refractivity contribution in [3.63, 3.8) is 0 Å². The van der Waals surface area contributed by atoms with Crippen molar-refractivity contribution >= 4 is 60.9 Å². The number of anilines is 2. The van der Waals surface area contributed by atoms with Crippen LogP contribution in [0.25, 0.3) is 0 Å². The smallest absolute Gasteiger partial charge is 0.234 e. The van der Waals surface area contributed by atoms with Crippen molar-refractivity contribution < 1.29 is 9.18 Å². The van der Waals surface area contributed by atoms with Crippen molar-refractivity contribution in [1.82, 2.24) is 0 Å². The lowest BCUT2D eigenvalue weighted by atomic mass is 10.3. The van der Waals surface area contributed by atoms with Crippen LogP contribution in [0.5, 0.6) is 0 Å². The molecule has 0 unspecified atom stereocenters. The van der Waals surface area contributed by atoms with Gasteiger partial charge in [-0.25, -0.2) is 4.39 Å². The first kappa shape index (κ1) is 16.3. The lowest BCUT2D eigenvalue weighted by Crippen LogP contribution is -2.14. The third kappa shape index (κ3) is 4.72. The van der Waals surface area contributed by atoms with Crippen LogP contribution in [0, 0.1) is 5.82 Å². The van der Waals surface area contributed by atoms with Crippen molar-refractivity contribution in [3.8, 4) is 0 Å². The molecule has 0 bridgehead atoms. The molecule has 0 radical (unpaired) electrons. The number of hydrogen-bond acceptors (Lipinski definition) is 3. The maximum absolute atomic E-state index is 12.9. The van der Waals surface area contributed by atoms with Crippen LogP contribution in [0.4, 0.5) is 15.8 Å². The van der Waals surface area contributed by atoms with E-state index in [0.717, 1.165) is 8.95 Å². The summed E-state index contributed by atoms with van der Waals surface area (Å²) in [5, 5.41) is 2.80. The molecule has 0 fully saturated rings. The molecule has 0 aromatic heterocycles. The quantitative estimate of drug-likeness (QED) is 0.544. The second kappa shape index (κ2) is 7.29. The molecule has 0 heterocycles. The largest absolute Gasteiger partial charge is 0.398 e. The SMILES string of the molecule is Nc1cc(F)ccc1SCC(=O)Nc1ccc(Br)cc1Br. The Balaban J connectivity index is 1.96. The molecule has 0 spiro atoms. The molecule has 0 atom stereocenters. The molecule has 2 aromatic carbocycles. The molecule has 2 rings (SSSR count). The Labute approximate surface area is 142 Å². The summed E-state index contributed by atoms with van der Waals surface area (Å²) < 4.78 is 14.6. The van der Waals surface area contributed by atoms with E-state index in [9.17, 15) is 9.18 Å². The van der Waals surface area contributed by atoms with Gasteiger partial charge in [0.05, 0.1) is 11.4 Å². The molecule has 110 valence electrons. The van der Waals surface area contributed by atoms with Crippen LogP contribution in [0.1, 0.15) is 0 Å². The Bertz CT molecular complexity index is 682. The molecule has 7 heteroatoms. The summed E-state index contributed by atoms with van der Waals surface area (Å²) >= 11 is 7.99. The second-order valence-corrected chi connectivity index (χ2v) is 6.93. The van der Waals surface area contributed by atoms with Crippen LogP contribution in [0.2, 0.25) is 0 Å². The van der Waals surface area contributed by atoms with Crippen LogP contribution >= 0.6 is 43.6 Å². The minimum Gasteiger partial charge on any atom is -0.398 e. The van der Waals surface area contributed by atoms with E-state index >= 15 is 0 Å². The number of halogens is 3. The third-order valence-electron chi connectivity index (χ3n) is 2.54. The summed E-state index contributed by atoms with van der Waals surface area (Å²) in [7, 11) is 0. The lowest BCUT2D eigenvalue weighted by Gasteiger charge is -2.08. The number of carbonyl (C=O) groups excluding carboxylic acids is 1. The highest BCUT2D eigenvalue weighted by Gasteiger charge is 2.08. The first-order valence-electron chi connectivity index (χ1n) is 5.88. The van der Waals surface area contributed by atoms with Crippen LogP contribution in [0.15, 0.2) is 50.2 Å². The summed E-state index contributed by atoms with van der Waals surface area (Å²) in [4.78, 5) is 12.6. The Morgan fingerprint density at radius 2 is 2.00 bits per heavy atom. The van der Waals surface area contributed by atoms with Gasteiger partial charge in [0.25, 0.3) is 0 Å². The highest BCUT2D eigenvalue weighted by Crippen LogP contribution is 2.28. The van der Waals surface area contributed by atoms with Gasteiger partial charge in [0.1, 0.15) is 5.82 Å². The fourth-order valence-electron chi connectivity index (χ4n) is 1.57. The monoisotopic (exact) mass is 432 g/mol. The van der Waals surface area contributed by atoms with E-state index in [1.54, 1.807) is 12.1 Å². The molecular formula is C14H11Br2FN2OS. The number of benzene rings is 2. The van der Waals surface area contributed by atoms with Gasteiger partial charge in [0.15, 0.2) is 0 Å². The van der Waals surface area contributed by atoms with Gasteiger partial charge >= 0.3 is 0 Å². The van der Waals surface area contributed by atoms with Crippen molar-refractivity contribution in [3.05, 3.63) is 51.2 Å². The van der Waals surface area contributed by atoms with Gasteiger partial charge in [-0.2, -0.15) is 0 Å². The highest BCUT2D eigenvalue weighted by molar-refractivity contribution is 9.11. The van der Waals surface area contributed by atoms with Gasteiger partial charge in [-0.05, 0) is 52.3 Å². The standard InChI is InChI=1S/C14H11Br2FN2OS/c15-8-1-3-12(10(16)5-8)19-14(20)7-21-13-4-2-9(17)6-11(13)18/h1-6H,7,18H2,(H,19,20). The van der Waals surface area contributed by atoms with Gasteiger partial charge in [0.2, 0.25) is 5.91 Å². The molecule has 1 amide bonds. The van der Waals surface area contributed by atoms with E-state index < -0.39 is 0 Å². The number of nitrogen functional groups attached to an aromatic ring is 1. The molecule has 0 saturated heterocycles. The topological polar surface area (TPSA) is 55.1 Å². The Kier molecular flexibility index (Phi) is 5.66. The Morgan fingerprint density at radius 3 is 2.67 bits per heavy atom. The molecule has 0 aliphatic heterocycles. The summed E-state index contributed by atoms with van der Waals surface area (Å²) in [6, 6.07) is 9.61. The predicted octanol–water partition coefficient (Wildman–Crippen LogP) is 4.66. The first-order chi connectivity index (χ1) is 9.95. The summed E-state index contributed by atoms with van der Waals surface area (Å²) in [5.41, 5.74) is 6.72. The molecule has 0 saturated carbocycles. The second-order valence-electron chi connectivity index (χ2n) is 4.14. The average molecular weight is 434 g/mol. The van der Waals surface area contributed by atoms with Crippen molar-refractivity contribution in [2.75, 3.05) is 16.8 Å². The van der Waals surface area contributed by atoms with E-state index in [4.69, 9.17) is 5.73 Å². The maximum Gasteiger partial charge on any atom is 0.234 e. The van der Waals surface area contributed by atoms with Gasteiger partial charge in [-0.3, -0.25) is 4.79 Å². The zero-order valence-corrected chi connectivity index (χ0v) is 14.7. The van der Waals surface area contributed by atoms with Crippen LogP contribution in [-0.4, -0.2) is 11.7 Å². The first-order valence-corrected chi connectivity index (χ1v) is 8.45. The molecular weight excluding hydrogens is 423 g/mol. The predicted molar refractivity (Wildman–Crippen MR) is 92.0 cm³/mol. The minimum absolute atomic E-state index is 0.160. The molecule has 0 aliphatic carbocycles. The van der Waals surface area contributed by atoms with Crippen LogP contribution < -0.4 is 11.1 Å². The summed E-state index contributed by atoms with van der Waals surface area (Å²) in [6.07, 6.45) is 0. The third-order valence-corrected chi connectivity index (χ3v) is 4.77. The number of nitrogens with two attached hydrogens (primary N) is 1. The van der Waals surface area contributed by atoms with Gasteiger partial charge in [-0.1, -0.05) is 15.9 Å². The number of nitrogens with one attached hydrogen (secondary N) is 1. The van der Waals surface area contributed by atoms with Crippen molar-refractivity contribution in [2.24, 2.45) is 0 Å². The van der Waals surface area contributed by atoms with Gasteiger partial charge in [0, 0.05) is 19.5 Å². The summed E-state index contributed by atoms with van der Waals surface area (Å²) in [6.45, 7) is 0. The van der Waals surface area contributed by atoms with Gasteiger partial charge < -0.3 is 11.1 Å². The fraction of sp³-hybridized carbons (Fsp3) is 0.0714. The molecule has 21 heavy (non-hydrogen) atoms. The molecule has 3 nitrogen and oxygen atoms in total.